The highest BCUT2D eigenvalue weighted by Crippen LogP contribution is 2.29. The zero-order valence-electron chi connectivity index (χ0n) is 20.1. The van der Waals surface area contributed by atoms with Crippen LogP contribution in [0.5, 0.6) is 11.5 Å². The second kappa shape index (κ2) is 11.6. The number of carbonyl (C=O) groups is 2. The molecular weight excluding hydrogens is 446 g/mol. The van der Waals surface area contributed by atoms with Crippen LogP contribution in [-0.4, -0.2) is 48.5 Å². The van der Waals surface area contributed by atoms with Gasteiger partial charge in [0.2, 0.25) is 5.91 Å². The van der Waals surface area contributed by atoms with Crippen molar-refractivity contribution in [3.8, 4) is 11.5 Å². The molecule has 1 fully saturated rings. The molecule has 0 saturated heterocycles. The van der Waals surface area contributed by atoms with Crippen LogP contribution in [0.25, 0.3) is 0 Å². The number of hydrogen-bond acceptors (Lipinski definition) is 6. The van der Waals surface area contributed by atoms with Gasteiger partial charge in [0.05, 0.1) is 20.5 Å². The zero-order chi connectivity index (χ0) is 24.6. The fourth-order valence-corrected chi connectivity index (χ4v) is 4.54. The van der Waals surface area contributed by atoms with E-state index in [4.69, 9.17) is 13.9 Å². The smallest absolute Gasteiger partial charge is 0.290 e. The maximum absolute atomic E-state index is 13.6. The van der Waals surface area contributed by atoms with Crippen LogP contribution in [0.15, 0.2) is 65.5 Å². The van der Waals surface area contributed by atoms with E-state index in [1.807, 2.05) is 24.3 Å². The van der Waals surface area contributed by atoms with E-state index in [0.29, 0.717) is 23.5 Å². The molecule has 8 nitrogen and oxygen atoms in total. The summed E-state index contributed by atoms with van der Waals surface area (Å²) >= 11 is 0. The van der Waals surface area contributed by atoms with Crippen LogP contribution in [0.1, 0.15) is 53.4 Å². The first-order valence-electron chi connectivity index (χ1n) is 11.9. The summed E-state index contributed by atoms with van der Waals surface area (Å²) in [5, 5.41) is 3.16. The monoisotopic (exact) mass is 477 g/mol. The summed E-state index contributed by atoms with van der Waals surface area (Å²) in [6.07, 6.45) is 9.33. The molecule has 0 spiro atoms. The van der Waals surface area contributed by atoms with Crippen molar-refractivity contribution >= 4 is 11.8 Å². The van der Waals surface area contributed by atoms with Crippen molar-refractivity contribution in [3.05, 3.63) is 78.0 Å². The first-order valence-corrected chi connectivity index (χ1v) is 11.9. The Balaban J connectivity index is 1.65. The molecule has 1 aliphatic rings. The number of carbonyl (C=O) groups excluding carboxylic acids is 2. The van der Waals surface area contributed by atoms with Gasteiger partial charge in [0, 0.05) is 30.5 Å². The Kier molecular flexibility index (Phi) is 8.03. The Hall–Kier alpha value is -3.81. The number of benzene rings is 1. The predicted molar refractivity (Wildman–Crippen MR) is 130 cm³/mol. The predicted octanol–water partition coefficient (Wildman–Crippen LogP) is 4.18. The van der Waals surface area contributed by atoms with Crippen LogP contribution in [0.3, 0.4) is 0 Å². The molecular formula is C27H31N3O5. The molecule has 1 aromatic carbocycles. The molecule has 1 atom stereocenters. The molecule has 1 aliphatic carbocycles. The van der Waals surface area contributed by atoms with E-state index in [2.05, 4.69) is 10.3 Å². The molecule has 4 rings (SSSR count). The van der Waals surface area contributed by atoms with E-state index >= 15 is 0 Å². The summed E-state index contributed by atoms with van der Waals surface area (Å²) in [7, 11) is 3.17. The van der Waals surface area contributed by atoms with Crippen molar-refractivity contribution in [3.63, 3.8) is 0 Å². The molecule has 2 amide bonds. The Bertz CT molecular complexity index is 1110. The molecule has 0 aliphatic heterocycles. The lowest BCUT2D eigenvalue weighted by molar-refractivity contribution is -0.126. The van der Waals surface area contributed by atoms with Gasteiger partial charge >= 0.3 is 0 Å². The average molecular weight is 478 g/mol. The quantitative estimate of drug-likeness (QED) is 0.471. The molecule has 8 heteroatoms. The van der Waals surface area contributed by atoms with Gasteiger partial charge in [-0.25, -0.2) is 0 Å². The third-order valence-corrected chi connectivity index (χ3v) is 6.34. The number of methoxy groups -OCH3 is 2. The number of hydrogen-bond donors (Lipinski definition) is 1. The van der Waals surface area contributed by atoms with Crippen molar-refractivity contribution < 1.29 is 23.5 Å². The molecule has 0 unspecified atom stereocenters. The molecule has 0 radical (unpaired) electrons. The highest BCUT2D eigenvalue weighted by molar-refractivity contribution is 5.96. The zero-order valence-corrected chi connectivity index (χ0v) is 20.1. The fraction of sp³-hybridized carbons (Fsp3) is 0.370. The minimum Gasteiger partial charge on any atom is -0.493 e. The van der Waals surface area contributed by atoms with Crippen LogP contribution in [0, 0.1) is 0 Å². The normalized spacial score (nSPS) is 14.3. The van der Waals surface area contributed by atoms with E-state index in [0.717, 1.165) is 31.2 Å². The summed E-state index contributed by atoms with van der Waals surface area (Å²) < 4.78 is 16.2. The van der Waals surface area contributed by atoms with Crippen LogP contribution < -0.4 is 14.8 Å². The maximum atomic E-state index is 13.6. The van der Waals surface area contributed by atoms with Crippen LogP contribution in [0.2, 0.25) is 0 Å². The van der Waals surface area contributed by atoms with Crippen molar-refractivity contribution in [2.24, 2.45) is 0 Å². The van der Waals surface area contributed by atoms with Gasteiger partial charge in [0.1, 0.15) is 6.04 Å². The number of rotatable bonds is 10. The summed E-state index contributed by atoms with van der Waals surface area (Å²) in [5.74, 6) is 0.850. The molecule has 3 aromatic rings. The number of pyridine rings is 1. The van der Waals surface area contributed by atoms with Gasteiger partial charge in [-0.15, -0.1) is 0 Å². The largest absolute Gasteiger partial charge is 0.493 e. The SMILES string of the molecule is COc1ccc(CCN(C(=O)c2ccco2)[C@H](C(=O)NC2CCCC2)c2cccnc2)cc1OC. The van der Waals surface area contributed by atoms with Gasteiger partial charge in [-0.2, -0.15) is 0 Å². The van der Waals surface area contributed by atoms with Crippen LogP contribution in [-0.2, 0) is 11.2 Å². The Morgan fingerprint density at radius 2 is 1.91 bits per heavy atom. The van der Waals surface area contributed by atoms with Gasteiger partial charge < -0.3 is 24.1 Å². The van der Waals surface area contributed by atoms with E-state index in [-0.39, 0.29) is 30.2 Å². The second-order valence-corrected chi connectivity index (χ2v) is 8.59. The number of ether oxygens (including phenoxy) is 2. The summed E-state index contributed by atoms with van der Waals surface area (Å²) in [5.41, 5.74) is 1.59. The molecule has 35 heavy (non-hydrogen) atoms. The topological polar surface area (TPSA) is 93.9 Å². The van der Waals surface area contributed by atoms with Crippen molar-refractivity contribution in [2.45, 2.75) is 44.2 Å². The van der Waals surface area contributed by atoms with Gasteiger partial charge in [0.15, 0.2) is 17.3 Å². The first-order chi connectivity index (χ1) is 17.1. The lowest BCUT2D eigenvalue weighted by Gasteiger charge is -2.31. The number of furan rings is 1. The minimum atomic E-state index is -0.845. The van der Waals surface area contributed by atoms with E-state index in [1.54, 1.807) is 49.7 Å². The minimum absolute atomic E-state index is 0.119. The molecule has 2 aromatic heterocycles. The third-order valence-electron chi connectivity index (χ3n) is 6.34. The highest BCUT2D eigenvalue weighted by atomic mass is 16.5. The van der Waals surface area contributed by atoms with Gasteiger partial charge in [-0.3, -0.25) is 14.6 Å². The van der Waals surface area contributed by atoms with Crippen LogP contribution in [0.4, 0.5) is 0 Å². The van der Waals surface area contributed by atoms with E-state index in [1.165, 1.54) is 6.26 Å². The van der Waals surface area contributed by atoms with E-state index in [9.17, 15) is 9.59 Å². The molecule has 0 bridgehead atoms. The lowest BCUT2D eigenvalue weighted by Crippen LogP contribution is -2.46. The van der Waals surface area contributed by atoms with Gasteiger partial charge in [-0.05, 0) is 55.2 Å². The lowest BCUT2D eigenvalue weighted by atomic mass is 10.0. The van der Waals surface area contributed by atoms with Crippen molar-refractivity contribution in [1.82, 2.24) is 15.2 Å². The average Bonchev–Trinajstić information content (AvgIpc) is 3.61. The molecule has 184 valence electrons. The van der Waals surface area contributed by atoms with Crippen molar-refractivity contribution in [2.75, 3.05) is 20.8 Å². The van der Waals surface area contributed by atoms with Crippen LogP contribution >= 0.6 is 0 Å². The fourth-order valence-electron chi connectivity index (χ4n) is 4.54. The highest BCUT2D eigenvalue weighted by Gasteiger charge is 2.34. The van der Waals surface area contributed by atoms with Gasteiger partial charge in [-0.1, -0.05) is 25.0 Å². The Morgan fingerprint density at radius 1 is 1.11 bits per heavy atom. The van der Waals surface area contributed by atoms with Crippen molar-refractivity contribution in [1.29, 1.82) is 0 Å². The molecule has 2 heterocycles. The number of aromatic nitrogens is 1. The Labute approximate surface area is 205 Å². The van der Waals surface area contributed by atoms with Gasteiger partial charge in [0.25, 0.3) is 5.91 Å². The molecule has 1 saturated carbocycles. The molecule has 1 N–H and O–H groups in total. The Morgan fingerprint density at radius 3 is 2.57 bits per heavy atom. The summed E-state index contributed by atoms with van der Waals surface area (Å²) in [4.78, 5) is 33.0. The second-order valence-electron chi connectivity index (χ2n) is 8.59. The maximum Gasteiger partial charge on any atom is 0.290 e. The number of nitrogens with one attached hydrogen (secondary N) is 1. The third kappa shape index (κ3) is 5.82. The number of amides is 2. The summed E-state index contributed by atoms with van der Waals surface area (Å²) in [6.45, 7) is 0.284. The summed E-state index contributed by atoms with van der Waals surface area (Å²) in [6, 6.07) is 11.8. The standard InChI is InChI=1S/C27H31N3O5/c1-33-22-12-11-19(17-24(22)34-2)13-15-30(27(32)23-10-6-16-35-23)25(20-7-5-14-28-18-20)26(31)29-21-8-3-4-9-21/h5-7,10-12,14,16-18,21,25H,3-4,8-9,13,15H2,1-2H3,(H,29,31)/t25-/m0/s1. The first kappa shape index (κ1) is 24.3. The van der Waals surface area contributed by atoms with E-state index < -0.39 is 6.04 Å². The number of nitrogens with zero attached hydrogens (tertiary/aromatic N) is 2.